The number of phenolic OH excluding ortho intramolecular Hbond substituents is 2. The Labute approximate surface area is 211 Å². The summed E-state index contributed by atoms with van der Waals surface area (Å²) in [5, 5.41) is 26.1. The van der Waals surface area contributed by atoms with Crippen LogP contribution in [0.2, 0.25) is 0 Å². The molecular formula is C30H39O2PS. The lowest BCUT2D eigenvalue weighted by Gasteiger charge is -2.29. The van der Waals surface area contributed by atoms with E-state index in [1.807, 2.05) is 11.8 Å². The van der Waals surface area contributed by atoms with E-state index in [2.05, 4.69) is 111 Å². The van der Waals surface area contributed by atoms with Gasteiger partial charge in [0.05, 0.1) is 0 Å². The zero-order valence-corrected chi connectivity index (χ0v) is 23.8. The number of aromatic hydroxyl groups is 2. The van der Waals surface area contributed by atoms with Crippen LogP contribution in [-0.2, 0) is 10.8 Å². The van der Waals surface area contributed by atoms with Crippen molar-refractivity contribution in [2.24, 2.45) is 0 Å². The summed E-state index contributed by atoms with van der Waals surface area (Å²) in [5.74, 6) is 1.71. The molecule has 0 radical (unpaired) electrons. The SMILES string of the molecule is CCSc1ccc(P(c2cc(C)cc(C(C)(C)C)c2O)c2cc(C)cc(C(C)(C)C)c2O)cc1. The van der Waals surface area contributed by atoms with E-state index in [1.165, 1.54) is 4.90 Å². The van der Waals surface area contributed by atoms with Gasteiger partial charge in [0, 0.05) is 26.6 Å². The van der Waals surface area contributed by atoms with Crippen molar-refractivity contribution in [1.82, 2.24) is 0 Å². The van der Waals surface area contributed by atoms with Crippen LogP contribution in [0.3, 0.4) is 0 Å². The molecule has 3 rings (SSSR count). The van der Waals surface area contributed by atoms with Crippen LogP contribution in [0.1, 0.15) is 70.7 Å². The van der Waals surface area contributed by atoms with Crippen molar-refractivity contribution in [1.29, 1.82) is 0 Å². The maximum atomic E-state index is 11.6. The smallest absolute Gasteiger partial charge is 0.127 e. The van der Waals surface area contributed by atoms with Crippen LogP contribution in [0.4, 0.5) is 0 Å². The summed E-state index contributed by atoms with van der Waals surface area (Å²) < 4.78 is 0. The van der Waals surface area contributed by atoms with E-state index >= 15 is 0 Å². The highest BCUT2D eigenvalue weighted by Crippen LogP contribution is 2.45. The van der Waals surface area contributed by atoms with Crippen LogP contribution in [-0.4, -0.2) is 16.0 Å². The number of aryl methyl sites for hydroxylation is 2. The molecule has 0 atom stereocenters. The summed E-state index contributed by atoms with van der Waals surface area (Å²) in [7, 11) is -1.18. The van der Waals surface area contributed by atoms with E-state index in [0.717, 1.165) is 43.9 Å². The first-order valence-corrected chi connectivity index (χ1v) is 14.3. The highest BCUT2D eigenvalue weighted by molar-refractivity contribution is 7.99. The maximum absolute atomic E-state index is 11.6. The number of benzene rings is 3. The van der Waals surface area contributed by atoms with Gasteiger partial charge in [-0.3, -0.25) is 0 Å². The molecule has 0 spiro atoms. The first-order chi connectivity index (χ1) is 15.7. The molecule has 0 heterocycles. The molecule has 0 aliphatic heterocycles. The van der Waals surface area contributed by atoms with Crippen LogP contribution in [0.25, 0.3) is 0 Å². The van der Waals surface area contributed by atoms with Crippen molar-refractivity contribution < 1.29 is 10.2 Å². The maximum Gasteiger partial charge on any atom is 0.127 e. The fourth-order valence-electron chi connectivity index (χ4n) is 4.27. The van der Waals surface area contributed by atoms with Gasteiger partial charge in [-0.1, -0.05) is 72.7 Å². The molecule has 2 N–H and O–H groups in total. The first kappa shape index (κ1) is 26.6. The lowest BCUT2D eigenvalue weighted by Crippen LogP contribution is -2.26. The molecular weight excluding hydrogens is 455 g/mol. The van der Waals surface area contributed by atoms with Crippen molar-refractivity contribution in [3.8, 4) is 11.5 Å². The Bertz CT molecular complexity index is 1100. The third-order valence-corrected chi connectivity index (χ3v) is 9.33. The average Bonchev–Trinajstić information content (AvgIpc) is 2.72. The van der Waals surface area contributed by atoms with Crippen LogP contribution in [0.15, 0.2) is 53.4 Å². The second kappa shape index (κ2) is 9.96. The third-order valence-electron chi connectivity index (χ3n) is 5.97. The molecule has 0 fully saturated rings. The molecule has 0 aliphatic carbocycles. The molecule has 0 aliphatic rings. The van der Waals surface area contributed by atoms with E-state index < -0.39 is 7.92 Å². The molecule has 2 nitrogen and oxygen atoms in total. The van der Waals surface area contributed by atoms with Crippen LogP contribution in [0, 0.1) is 13.8 Å². The number of hydrogen-bond donors (Lipinski definition) is 2. The second-order valence-electron chi connectivity index (χ2n) is 11.1. The van der Waals surface area contributed by atoms with E-state index in [9.17, 15) is 10.2 Å². The zero-order valence-electron chi connectivity index (χ0n) is 22.1. The number of rotatable bonds is 5. The minimum atomic E-state index is -1.18. The fourth-order valence-corrected chi connectivity index (χ4v) is 7.52. The largest absolute Gasteiger partial charge is 0.507 e. The van der Waals surface area contributed by atoms with Crippen molar-refractivity contribution in [3.63, 3.8) is 0 Å². The van der Waals surface area contributed by atoms with Crippen molar-refractivity contribution >= 4 is 35.6 Å². The standard InChI is InChI=1S/C30H39O2PS/c1-10-34-22-13-11-21(12-14-22)33(25-17-19(2)15-23(27(25)31)29(4,5)6)26-18-20(3)16-24(28(26)32)30(7,8)9/h11-18,31-32H,10H2,1-9H3. The molecule has 0 aromatic heterocycles. The van der Waals surface area contributed by atoms with Crippen LogP contribution < -0.4 is 15.9 Å². The molecule has 0 amide bonds. The van der Waals surface area contributed by atoms with E-state index in [-0.39, 0.29) is 10.8 Å². The quantitative estimate of drug-likeness (QED) is 0.292. The van der Waals surface area contributed by atoms with Crippen molar-refractivity contribution in [3.05, 3.63) is 70.8 Å². The van der Waals surface area contributed by atoms with Gasteiger partial charge < -0.3 is 10.2 Å². The Morgan fingerprint density at radius 3 is 1.47 bits per heavy atom. The Hall–Kier alpha value is -1.96. The van der Waals surface area contributed by atoms with Gasteiger partial charge in [-0.2, -0.15) is 0 Å². The molecule has 0 bridgehead atoms. The fraction of sp³-hybridized carbons (Fsp3) is 0.400. The molecule has 4 heteroatoms. The number of thioether (sulfide) groups is 1. The van der Waals surface area contributed by atoms with Gasteiger partial charge in [0.15, 0.2) is 0 Å². The Morgan fingerprint density at radius 1 is 0.706 bits per heavy atom. The zero-order chi connectivity index (χ0) is 25.4. The molecule has 34 heavy (non-hydrogen) atoms. The van der Waals surface area contributed by atoms with E-state index in [1.54, 1.807) is 0 Å². The van der Waals surface area contributed by atoms with Gasteiger partial charge in [0.2, 0.25) is 0 Å². The molecule has 3 aromatic carbocycles. The average molecular weight is 495 g/mol. The summed E-state index contributed by atoms with van der Waals surface area (Å²) >= 11 is 1.82. The summed E-state index contributed by atoms with van der Waals surface area (Å²) in [6, 6.07) is 17.0. The molecule has 0 saturated carbocycles. The topological polar surface area (TPSA) is 40.5 Å². The second-order valence-corrected chi connectivity index (χ2v) is 14.6. The minimum Gasteiger partial charge on any atom is -0.507 e. The number of hydrogen-bond acceptors (Lipinski definition) is 3. The third kappa shape index (κ3) is 5.64. The van der Waals surface area contributed by atoms with Gasteiger partial charge in [-0.15, -0.1) is 11.8 Å². The normalized spacial score (nSPS) is 12.4. The highest BCUT2D eigenvalue weighted by atomic mass is 32.2. The molecule has 0 saturated heterocycles. The van der Waals surface area contributed by atoms with Gasteiger partial charge in [-0.25, -0.2) is 0 Å². The summed E-state index contributed by atoms with van der Waals surface area (Å²) in [6.45, 7) is 19.1. The lowest BCUT2D eigenvalue weighted by molar-refractivity contribution is 0.450. The monoisotopic (exact) mass is 494 g/mol. The van der Waals surface area contributed by atoms with Crippen molar-refractivity contribution in [2.75, 3.05) is 5.75 Å². The predicted octanol–water partition coefficient (Wildman–Crippen LogP) is 7.18. The molecule has 3 aromatic rings. The Balaban J connectivity index is 2.37. The summed E-state index contributed by atoms with van der Waals surface area (Å²) in [6.07, 6.45) is 0. The summed E-state index contributed by atoms with van der Waals surface area (Å²) in [5.41, 5.74) is 3.73. The van der Waals surface area contributed by atoms with Crippen LogP contribution in [0.5, 0.6) is 11.5 Å². The van der Waals surface area contributed by atoms with Crippen molar-refractivity contribution in [2.45, 2.75) is 78.0 Å². The number of phenols is 2. The van der Waals surface area contributed by atoms with Gasteiger partial charge in [0.1, 0.15) is 11.5 Å². The minimum absolute atomic E-state index is 0.196. The molecule has 182 valence electrons. The predicted molar refractivity (Wildman–Crippen MR) is 152 cm³/mol. The van der Waals surface area contributed by atoms with E-state index in [0.29, 0.717) is 11.5 Å². The lowest BCUT2D eigenvalue weighted by atomic mass is 9.85. The first-order valence-electron chi connectivity index (χ1n) is 11.9. The van der Waals surface area contributed by atoms with Crippen LogP contribution >= 0.6 is 19.7 Å². The van der Waals surface area contributed by atoms with Gasteiger partial charge in [-0.05, 0) is 79.0 Å². The van der Waals surface area contributed by atoms with E-state index in [4.69, 9.17) is 0 Å². The van der Waals surface area contributed by atoms with Gasteiger partial charge in [0.25, 0.3) is 0 Å². The van der Waals surface area contributed by atoms with Gasteiger partial charge >= 0.3 is 0 Å². The highest BCUT2D eigenvalue weighted by Gasteiger charge is 2.30. The Kier molecular flexibility index (Phi) is 7.80. The molecule has 0 unspecified atom stereocenters. The Morgan fingerprint density at radius 2 is 1.12 bits per heavy atom. The summed E-state index contributed by atoms with van der Waals surface area (Å²) in [4.78, 5) is 1.23.